The van der Waals surface area contributed by atoms with Crippen molar-refractivity contribution in [2.45, 2.75) is 11.3 Å². The van der Waals surface area contributed by atoms with Gasteiger partial charge >= 0.3 is 0 Å². The van der Waals surface area contributed by atoms with Gasteiger partial charge in [-0.1, -0.05) is 64.0 Å². The summed E-state index contributed by atoms with van der Waals surface area (Å²) in [7, 11) is 0. The zero-order valence-electron chi connectivity index (χ0n) is 13.8. The molecular weight excluding hydrogens is 449 g/mol. The Morgan fingerprint density at radius 3 is 2.81 bits per heavy atom. The van der Waals surface area contributed by atoms with Crippen molar-refractivity contribution in [1.29, 1.82) is 0 Å². The highest BCUT2D eigenvalue weighted by molar-refractivity contribution is 8.01. The quantitative estimate of drug-likeness (QED) is 0.461. The molecule has 0 aliphatic carbocycles. The van der Waals surface area contributed by atoms with Gasteiger partial charge in [-0.05, 0) is 30.7 Å². The Balaban J connectivity index is 1.56. The Labute approximate surface area is 178 Å². The van der Waals surface area contributed by atoms with Gasteiger partial charge in [0.15, 0.2) is 10.2 Å². The van der Waals surface area contributed by atoms with Crippen LogP contribution < -0.4 is 10.6 Å². The smallest absolute Gasteiger partial charge is 0.236 e. The summed E-state index contributed by atoms with van der Waals surface area (Å²) in [4.78, 5) is 16.1. The summed E-state index contributed by atoms with van der Waals surface area (Å²) in [6, 6.07) is 7.10. The SMILES string of the molecule is Cc1c(Cl)cccc1Nc1nnc(SCC(=O)Nc2ncc(Cl)cc2Cl)s1. The van der Waals surface area contributed by atoms with Crippen molar-refractivity contribution in [1.82, 2.24) is 15.2 Å². The lowest BCUT2D eigenvalue weighted by molar-refractivity contribution is -0.113. The molecule has 0 unspecified atom stereocenters. The summed E-state index contributed by atoms with van der Waals surface area (Å²) in [5.41, 5.74) is 1.78. The third kappa shape index (κ3) is 5.46. The van der Waals surface area contributed by atoms with E-state index in [4.69, 9.17) is 34.8 Å². The molecular formula is C16H12Cl3N5OS2. The number of pyridine rings is 1. The molecule has 0 atom stereocenters. The van der Waals surface area contributed by atoms with E-state index in [-0.39, 0.29) is 22.5 Å². The van der Waals surface area contributed by atoms with Crippen molar-refractivity contribution >= 4 is 80.4 Å². The molecule has 0 saturated carbocycles. The van der Waals surface area contributed by atoms with E-state index < -0.39 is 0 Å². The fourth-order valence-electron chi connectivity index (χ4n) is 1.98. The molecule has 1 amide bonds. The van der Waals surface area contributed by atoms with E-state index in [1.54, 1.807) is 0 Å². The number of amides is 1. The molecule has 0 fully saturated rings. The standard InChI is InChI=1S/C16H12Cl3N5OS2/c1-8-10(18)3-2-4-12(8)21-15-23-24-16(27-15)26-7-13(25)22-14-11(19)5-9(17)6-20-14/h2-6H,7H2,1H3,(H,21,23)(H,20,22,25). The molecule has 1 aromatic carbocycles. The average molecular weight is 461 g/mol. The maximum Gasteiger partial charge on any atom is 0.236 e. The van der Waals surface area contributed by atoms with E-state index in [0.29, 0.717) is 19.5 Å². The minimum Gasteiger partial charge on any atom is -0.330 e. The second kappa shape index (κ2) is 9.07. The predicted octanol–water partition coefficient (Wildman–Crippen LogP) is 5.68. The first kappa shape index (κ1) is 20.2. The molecule has 2 N–H and O–H groups in total. The molecule has 0 aliphatic rings. The number of aromatic nitrogens is 3. The number of hydrogen-bond donors (Lipinski definition) is 2. The topological polar surface area (TPSA) is 79.8 Å². The van der Waals surface area contributed by atoms with Crippen LogP contribution in [0.25, 0.3) is 0 Å². The fraction of sp³-hybridized carbons (Fsp3) is 0.125. The monoisotopic (exact) mass is 459 g/mol. The number of thioether (sulfide) groups is 1. The van der Waals surface area contributed by atoms with Crippen molar-refractivity contribution in [3.05, 3.63) is 51.1 Å². The predicted molar refractivity (Wildman–Crippen MR) is 113 cm³/mol. The third-order valence-electron chi connectivity index (χ3n) is 3.31. The average Bonchev–Trinajstić information content (AvgIpc) is 3.07. The fourth-order valence-corrected chi connectivity index (χ4v) is 4.14. The molecule has 0 saturated heterocycles. The lowest BCUT2D eigenvalue weighted by Crippen LogP contribution is -2.15. The van der Waals surface area contributed by atoms with E-state index >= 15 is 0 Å². The van der Waals surface area contributed by atoms with Gasteiger partial charge in [0.05, 0.1) is 15.8 Å². The van der Waals surface area contributed by atoms with Crippen LogP contribution in [0.1, 0.15) is 5.56 Å². The number of nitrogens with one attached hydrogen (secondary N) is 2. The lowest BCUT2D eigenvalue weighted by atomic mass is 10.2. The molecule has 0 bridgehead atoms. The van der Waals surface area contributed by atoms with Gasteiger partial charge in [-0.25, -0.2) is 4.98 Å². The van der Waals surface area contributed by atoms with Gasteiger partial charge in [0, 0.05) is 16.9 Å². The lowest BCUT2D eigenvalue weighted by Gasteiger charge is -2.07. The molecule has 3 aromatic rings. The number of benzene rings is 1. The molecule has 0 radical (unpaired) electrons. The molecule has 2 aromatic heterocycles. The van der Waals surface area contributed by atoms with Gasteiger partial charge in [0.2, 0.25) is 11.0 Å². The number of anilines is 3. The van der Waals surface area contributed by atoms with Gasteiger partial charge in [-0.15, -0.1) is 10.2 Å². The van der Waals surface area contributed by atoms with Crippen molar-refractivity contribution in [2.24, 2.45) is 0 Å². The molecule has 3 rings (SSSR count). The van der Waals surface area contributed by atoms with Gasteiger partial charge in [0.25, 0.3) is 0 Å². The summed E-state index contributed by atoms with van der Waals surface area (Å²) in [6.07, 6.45) is 1.41. The minimum atomic E-state index is -0.257. The zero-order valence-corrected chi connectivity index (χ0v) is 17.7. The Morgan fingerprint density at radius 1 is 1.22 bits per heavy atom. The highest BCUT2D eigenvalue weighted by Gasteiger charge is 2.12. The Hall–Kier alpha value is -1.58. The van der Waals surface area contributed by atoms with Crippen molar-refractivity contribution in [2.75, 3.05) is 16.4 Å². The Bertz CT molecular complexity index is 982. The number of rotatable bonds is 6. The number of carbonyl (C=O) groups is 1. The van der Waals surface area contributed by atoms with Crippen molar-refractivity contribution < 1.29 is 4.79 Å². The van der Waals surface area contributed by atoms with Crippen molar-refractivity contribution in [3.63, 3.8) is 0 Å². The minimum absolute atomic E-state index is 0.144. The third-order valence-corrected chi connectivity index (χ3v) is 6.18. The molecule has 11 heteroatoms. The van der Waals surface area contributed by atoms with E-state index in [9.17, 15) is 4.79 Å². The largest absolute Gasteiger partial charge is 0.330 e. The summed E-state index contributed by atoms with van der Waals surface area (Å²) in [5.74, 6) is 0.153. The highest BCUT2D eigenvalue weighted by atomic mass is 35.5. The van der Waals surface area contributed by atoms with Gasteiger partial charge in [-0.3, -0.25) is 4.79 Å². The van der Waals surface area contributed by atoms with Crippen molar-refractivity contribution in [3.8, 4) is 0 Å². The van der Waals surface area contributed by atoms with Gasteiger partial charge in [-0.2, -0.15) is 0 Å². The molecule has 2 heterocycles. The maximum atomic E-state index is 12.1. The second-order valence-electron chi connectivity index (χ2n) is 5.23. The zero-order chi connectivity index (χ0) is 19.4. The number of halogens is 3. The van der Waals surface area contributed by atoms with Crippen LogP contribution in [0, 0.1) is 6.92 Å². The molecule has 27 heavy (non-hydrogen) atoms. The van der Waals surface area contributed by atoms with Crippen LogP contribution in [-0.2, 0) is 4.79 Å². The maximum absolute atomic E-state index is 12.1. The molecule has 140 valence electrons. The van der Waals surface area contributed by atoms with Gasteiger partial charge in [0.1, 0.15) is 0 Å². The van der Waals surface area contributed by atoms with Crippen LogP contribution >= 0.6 is 57.9 Å². The first-order chi connectivity index (χ1) is 12.9. The number of nitrogens with zero attached hydrogens (tertiary/aromatic N) is 3. The van der Waals surface area contributed by atoms with E-state index in [1.807, 2.05) is 25.1 Å². The second-order valence-corrected chi connectivity index (χ2v) is 8.68. The normalized spacial score (nSPS) is 10.7. The van der Waals surface area contributed by atoms with Crippen LogP contribution in [0.5, 0.6) is 0 Å². The Morgan fingerprint density at radius 2 is 2.04 bits per heavy atom. The van der Waals surface area contributed by atoms with Crippen LogP contribution in [0.4, 0.5) is 16.6 Å². The first-order valence-electron chi connectivity index (χ1n) is 7.51. The summed E-state index contributed by atoms with van der Waals surface area (Å²) >= 11 is 20.5. The van der Waals surface area contributed by atoms with Crippen LogP contribution in [0.2, 0.25) is 15.1 Å². The molecule has 0 aliphatic heterocycles. The highest BCUT2D eigenvalue weighted by Crippen LogP contribution is 2.31. The summed E-state index contributed by atoms with van der Waals surface area (Å²) in [5, 5.41) is 15.9. The molecule has 6 nitrogen and oxygen atoms in total. The first-order valence-corrected chi connectivity index (χ1v) is 10.5. The van der Waals surface area contributed by atoms with E-state index in [1.165, 1.54) is 35.4 Å². The molecule has 0 spiro atoms. The van der Waals surface area contributed by atoms with Crippen LogP contribution in [0.15, 0.2) is 34.8 Å². The van der Waals surface area contributed by atoms with E-state index in [0.717, 1.165) is 11.3 Å². The van der Waals surface area contributed by atoms with Crippen LogP contribution in [-0.4, -0.2) is 26.8 Å². The number of hydrogen-bond acceptors (Lipinski definition) is 7. The Kier molecular flexibility index (Phi) is 6.78. The number of carbonyl (C=O) groups excluding carboxylic acids is 1. The summed E-state index contributed by atoms with van der Waals surface area (Å²) in [6.45, 7) is 1.92. The summed E-state index contributed by atoms with van der Waals surface area (Å²) < 4.78 is 0.655. The van der Waals surface area contributed by atoms with Gasteiger partial charge < -0.3 is 10.6 Å². The van der Waals surface area contributed by atoms with E-state index in [2.05, 4.69) is 25.8 Å². The van der Waals surface area contributed by atoms with Crippen LogP contribution in [0.3, 0.4) is 0 Å².